The smallest absolute Gasteiger partial charge is 0.182 e. The van der Waals surface area contributed by atoms with Gasteiger partial charge in [-0.05, 0) is 60.7 Å². The Morgan fingerprint density at radius 1 is 1.00 bits per heavy atom. The lowest BCUT2D eigenvalue weighted by Crippen LogP contribution is -2.15. The third kappa shape index (κ3) is 3.50. The molecule has 0 aliphatic carbocycles. The molecule has 0 spiro atoms. The zero-order valence-electron chi connectivity index (χ0n) is 18.8. The van der Waals surface area contributed by atoms with Gasteiger partial charge in [-0.15, -0.1) is 10.2 Å². The van der Waals surface area contributed by atoms with E-state index in [1.807, 2.05) is 22.8 Å². The highest BCUT2D eigenvalue weighted by atomic mass is 15.3. The summed E-state index contributed by atoms with van der Waals surface area (Å²) in [5, 5.41) is 8.39. The van der Waals surface area contributed by atoms with Gasteiger partial charge in [-0.2, -0.15) is 0 Å². The number of anilines is 1. The molecule has 32 heavy (non-hydrogen) atoms. The molecule has 1 aliphatic rings. The fourth-order valence-corrected chi connectivity index (χ4v) is 4.23. The zero-order valence-corrected chi connectivity index (χ0v) is 18.8. The minimum atomic E-state index is 0.265. The first-order chi connectivity index (χ1) is 15.5. The average molecular weight is 422 g/mol. The van der Waals surface area contributed by atoms with Crippen molar-refractivity contribution >= 4 is 11.5 Å². The van der Waals surface area contributed by atoms with Crippen LogP contribution in [0.25, 0.3) is 28.3 Å². The molecule has 5 heteroatoms. The van der Waals surface area contributed by atoms with Gasteiger partial charge in [0.25, 0.3) is 0 Å². The van der Waals surface area contributed by atoms with Gasteiger partial charge in [0.2, 0.25) is 0 Å². The van der Waals surface area contributed by atoms with E-state index in [4.69, 9.17) is 4.98 Å². The topological polar surface area (TPSA) is 46.8 Å². The summed E-state index contributed by atoms with van der Waals surface area (Å²) in [5.74, 6) is 1.65. The molecule has 5 rings (SSSR count). The lowest BCUT2D eigenvalue weighted by molar-refractivity contribution is 0.603. The molecule has 4 aromatic rings. The van der Waals surface area contributed by atoms with E-state index < -0.39 is 0 Å². The second kappa shape index (κ2) is 8.08. The number of fused-ring (bicyclic) bond motifs is 1. The van der Waals surface area contributed by atoms with Gasteiger partial charge in [0.05, 0.1) is 6.54 Å². The van der Waals surface area contributed by atoms with Crippen LogP contribution < -0.4 is 4.90 Å². The van der Waals surface area contributed by atoms with E-state index in [1.165, 1.54) is 27.8 Å². The fraction of sp³-hybridized carbons (Fsp3) is 0.222. The lowest BCUT2D eigenvalue weighted by atomic mass is 9.98. The first-order valence-electron chi connectivity index (χ1n) is 11.1. The number of hydrogen-bond donors (Lipinski definition) is 0. The van der Waals surface area contributed by atoms with E-state index in [-0.39, 0.29) is 6.04 Å². The Morgan fingerprint density at radius 3 is 2.53 bits per heavy atom. The SMILES string of the molecule is C=C1c2cc(-c3ccc(CC)cc3)ccc2CN1c1cccc(-c2nncn2C(C)C)n1. The summed E-state index contributed by atoms with van der Waals surface area (Å²) in [7, 11) is 0. The van der Waals surface area contributed by atoms with Crippen molar-refractivity contribution in [1.82, 2.24) is 19.7 Å². The molecule has 2 aromatic heterocycles. The highest BCUT2D eigenvalue weighted by Crippen LogP contribution is 2.37. The van der Waals surface area contributed by atoms with E-state index in [0.29, 0.717) is 0 Å². The summed E-state index contributed by atoms with van der Waals surface area (Å²) in [6, 6.07) is 21.8. The number of rotatable bonds is 5. The standard InChI is InChI=1S/C27H27N5/c1-5-20-9-11-21(12-10-20)22-13-14-23-16-31(19(4)24(23)15-22)26-8-6-7-25(29-26)27-30-28-17-32(27)18(2)3/h6-15,17-18H,4-5,16H2,1-3H3. The average Bonchev–Trinajstić information content (AvgIpc) is 3.44. The van der Waals surface area contributed by atoms with Crippen molar-refractivity contribution in [3.8, 4) is 22.6 Å². The number of aryl methyl sites for hydroxylation is 1. The molecular weight excluding hydrogens is 394 g/mol. The molecule has 3 heterocycles. The van der Waals surface area contributed by atoms with Crippen LogP contribution in [0.2, 0.25) is 0 Å². The number of hydrogen-bond acceptors (Lipinski definition) is 4. The zero-order chi connectivity index (χ0) is 22.2. The minimum Gasteiger partial charge on any atom is -0.322 e. The third-order valence-electron chi connectivity index (χ3n) is 6.14. The Balaban J connectivity index is 1.45. The fourth-order valence-electron chi connectivity index (χ4n) is 4.23. The van der Waals surface area contributed by atoms with Crippen LogP contribution in [-0.4, -0.2) is 19.7 Å². The van der Waals surface area contributed by atoms with Crippen LogP contribution in [0.1, 0.15) is 43.5 Å². The van der Waals surface area contributed by atoms with Gasteiger partial charge in [0.15, 0.2) is 5.82 Å². The Bertz CT molecular complexity index is 1280. The second-order valence-corrected chi connectivity index (χ2v) is 8.49. The van der Waals surface area contributed by atoms with Crippen LogP contribution in [0.15, 0.2) is 73.6 Å². The summed E-state index contributed by atoms with van der Waals surface area (Å²) in [6.07, 6.45) is 2.81. The molecule has 0 unspecified atom stereocenters. The maximum Gasteiger partial charge on any atom is 0.182 e. The Morgan fingerprint density at radius 2 is 1.78 bits per heavy atom. The first-order valence-corrected chi connectivity index (χ1v) is 11.1. The van der Waals surface area contributed by atoms with Crippen LogP contribution in [0.3, 0.4) is 0 Å². The second-order valence-electron chi connectivity index (χ2n) is 8.49. The van der Waals surface area contributed by atoms with Gasteiger partial charge >= 0.3 is 0 Å². The van der Waals surface area contributed by atoms with Crippen molar-refractivity contribution in [2.75, 3.05) is 4.90 Å². The summed E-state index contributed by atoms with van der Waals surface area (Å²) in [4.78, 5) is 7.09. The Hall–Kier alpha value is -3.73. The van der Waals surface area contributed by atoms with Crippen molar-refractivity contribution in [2.45, 2.75) is 39.8 Å². The molecule has 0 fully saturated rings. The van der Waals surface area contributed by atoms with Crippen molar-refractivity contribution in [3.05, 3.63) is 90.3 Å². The van der Waals surface area contributed by atoms with Crippen LogP contribution >= 0.6 is 0 Å². The van der Waals surface area contributed by atoms with E-state index in [1.54, 1.807) is 6.33 Å². The highest BCUT2D eigenvalue weighted by molar-refractivity contribution is 5.85. The number of aromatic nitrogens is 4. The summed E-state index contributed by atoms with van der Waals surface area (Å²) in [6.45, 7) is 11.6. The van der Waals surface area contributed by atoms with Gasteiger partial charge in [-0.1, -0.05) is 56.0 Å². The molecular formula is C27H27N5. The van der Waals surface area contributed by atoms with Gasteiger partial charge in [0, 0.05) is 17.3 Å². The molecule has 0 bridgehead atoms. The third-order valence-corrected chi connectivity index (χ3v) is 6.14. The molecule has 0 amide bonds. The highest BCUT2D eigenvalue weighted by Gasteiger charge is 2.25. The van der Waals surface area contributed by atoms with Gasteiger partial charge in [-0.25, -0.2) is 4.98 Å². The molecule has 0 N–H and O–H groups in total. The molecule has 1 aliphatic heterocycles. The molecule has 2 aromatic carbocycles. The minimum absolute atomic E-state index is 0.265. The molecule has 0 saturated heterocycles. The van der Waals surface area contributed by atoms with Crippen LogP contribution in [-0.2, 0) is 13.0 Å². The maximum atomic E-state index is 4.92. The normalized spacial score (nSPS) is 13.1. The quantitative estimate of drug-likeness (QED) is 0.388. The molecule has 0 saturated carbocycles. The number of nitrogens with zero attached hydrogens (tertiary/aromatic N) is 5. The Labute approximate surface area is 189 Å². The predicted octanol–water partition coefficient (Wildman–Crippen LogP) is 6.14. The van der Waals surface area contributed by atoms with E-state index in [9.17, 15) is 0 Å². The van der Waals surface area contributed by atoms with Gasteiger partial charge in [-0.3, -0.25) is 0 Å². The largest absolute Gasteiger partial charge is 0.322 e. The monoisotopic (exact) mass is 421 g/mol. The van der Waals surface area contributed by atoms with Crippen molar-refractivity contribution in [3.63, 3.8) is 0 Å². The van der Waals surface area contributed by atoms with E-state index in [2.05, 4.69) is 84.9 Å². The van der Waals surface area contributed by atoms with E-state index in [0.717, 1.165) is 36.0 Å². The van der Waals surface area contributed by atoms with E-state index >= 15 is 0 Å². The maximum absolute atomic E-state index is 4.92. The Kier molecular flexibility index (Phi) is 5.10. The number of pyridine rings is 1. The number of benzene rings is 2. The van der Waals surface area contributed by atoms with Crippen LogP contribution in [0.5, 0.6) is 0 Å². The van der Waals surface area contributed by atoms with Gasteiger partial charge in [0.1, 0.15) is 17.8 Å². The summed E-state index contributed by atoms with van der Waals surface area (Å²) >= 11 is 0. The first kappa shape index (κ1) is 20.2. The van der Waals surface area contributed by atoms with Crippen molar-refractivity contribution < 1.29 is 0 Å². The predicted molar refractivity (Wildman–Crippen MR) is 130 cm³/mol. The summed E-state index contributed by atoms with van der Waals surface area (Å²) in [5.41, 5.74) is 8.02. The van der Waals surface area contributed by atoms with Gasteiger partial charge < -0.3 is 9.47 Å². The van der Waals surface area contributed by atoms with Crippen molar-refractivity contribution in [2.24, 2.45) is 0 Å². The lowest BCUT2D eigenvalue weighted by Gasteiger charge is -2.19. The van der Waals surface area contributed by atoms with Crippen LogP contribution in [0, 0.1) is 0 Å². The van der Waals surface area contributed by atoms with Crippen LogP contribution in [0.4, 0.5) is 5.82 Å². The molecule has 5 nitrogen and oxygen atoms in total. The molecule has 0 radical (unpaired) electrons. The molecule has 0 atom stereocenters. The summed E-state index contributed by atoms with van der Waals surface area (Å²) < 4.78 is 2.04. The molecule has 160 valence electrons. The van der Waals surface area contributed by atoms with Crippen molar-refractivity contribution in [1.29, 1.82) is 0 Å².